The molecule has 1 aromatic heterocycles. The minimum absolute atomic E-state index is 0.104. The molecule has 2 rings (SSSR count). The van der Waals surface area contributed by atoms with Crippen molar-refractivity contribution in [2.24, 2.45) is 0 Å². The number of rotatable bonds is 2. The van der Waals surface area contributed by atoms with Gasteiger partial charge in [-0.05, 0) is 25.1 Å². The summed E-state index contributed by atoms with van der Waals surface area (Å²) in [6.07, 6.45) is 1.34. The van der Waals surface area contributed by atoms with E-state index in [0.717, 1.165) is 11.3 Å². The quantitative estimate of drug-likeness (QED) is 0.840. The molecule has 0 N–H and O–H groups in total. The van der Waals surface area contributed by atoms with Gasteiger partial charge >= 0.3 is 0 Å². The maximum atomic E-state index is 13.8. The van der Waals surface area contributed by atoms with Gasteiger partial charge in [0.05, 0.1) is 9.55 Å². The van der Waals surface area contributed by atoms with Crippen molar-refractivity contribution in [1.82, 2.24) is 4.57 Å². The molecule has 7 heteroatoms. The van der Waals surface area contributed by atoms with E-state index in [1.54, 1.807) is 19.1 Å². The summed E-state index contributed by atoms with van der Waals surface area (Å²) >= 11 is 6.91. The highest BCUT2D eigenvalue weighted by molar-refractivity contribution is 7.07. The number of hydrogen-bond acceptors (Lipinski definition) is 4. The van der Waals surface area contributed by atoms with Gasteiger partial charge in [-0.3, -0.25) is 9.36 Å². The average Bonchev–Trinajstić information content (AvgIpc) is 2.81. The molecule has 0 aliphatic rings. The molecule has 0 saturated carbocycles. The fraction of sp³-hybridized carbons (Fsp3) is 0.133. The topological polar surface area (TPSA) is 69.6 Å². The summed E-state index contributed by atoms with van der Waals surface area (Å²) in [7, 11) is 0. The maximum Gasteiger partial charge on any atom is 0.269 e. The van der Waals surface area contributed by atoms with E-state index in [9.17, 15) is 9.18 Å². The van der Waals surface area contributed by atoms with Crippen molar-refractivity contribution >= 4 is 34.6 Å². The van der Waals surface area contributed by atoms with Crippen LogP contribution in [0.15, 0.2) is 23.0 Å². The minimum Gasteiger partial charge on any atom is -0.298 e. The van der Waals surface area contributed by atoms with Gasteiger partial charge in [-0.25, -0.2) is 4.39 Å². The fourth-order valence-corrected chi connectivity index (χ4v) is 3.21. The van der Waals surface area contributed by atoms with Crippen LogP contribution in [-0.4, -0.2) is 4.57 Å². The lowest BCUT2D eigenvalue weighted by atomic mass is 10.2. The van der Waals surface area contributed by atoms with E-state index < -0.39 is 5.82 Å². The van der Waals surface area contributed by atoms with Crippen LogP contribution in [-0.2, 0) is 6.54 Å². The highest BCUT2D eigenvalue weighted by atomic mass is 35.5. The van der Waals surface area contributed by atoms with Crippen LogP contribution in [0.5, 0.6) is 0 Å². The number of thiazole rings is 1. The van der Waals surface area contributed by atoms with Crippen LogP contribution in [0.1, 0.15) is 12.5 Å². The Morgan fingerprint density at radius 1 is 1.45 bits per heavy atom. The molecular formula is C15H9ClFN3OS. The molecule has 0 unspecified atom stereocenters. The van der Waals surface area contributed by atoms with Crippen LogP contribution < -0.4 is 14.8 Å². The largest absolute Gasteiger partial charge is 0.298 e. The van der Waals surface area contributed by atoms with Crippen LogP contribution in [0, 0.1) is 28.5 Å². The zero-order valence-corrected chi connectivity index (χ0v) is 13.0. The summed E-state index contributed by atoms with van der Waals surface area (Å²) in [6.45, 7) is 2.03. The predicted molar refractivity (Wildman–Crippen MR) is 83.1 cm³/mol. The Hall–Kier alpha value is -2.41. The van der Waals surface area contributed by atoms with E-state index in [2.05, 4.69) is 0 Å². The predicted octanol–water partition coefficient (Wildman–Crippen LogP) is 1.75. The maximum absolute atomic E-state index is 13.8. The minimum atomic E-state index is -0.547. The molecule has 0 fully saturated rings. The third kappa shape index (κ3) is 2.80. The van der Waals surface area contributed by atoms with Gasteiger partial charge in [0, 0.05) is 12.1 Å². The van der Waals surface area contributed by atoms with Gasteiger partial charge in [0.15, 0.2) is 5.57 Å². The number of hydrogen-bond donors (Lipinski definition) is 0. The second-order valence-corrected chi connectivity index (χ2v) is 5.64. The Balaban J connectivity index is 2.89. The van der Waals surface area contributed by atoms with Crippen LogP contribution in [0.25, 0.3) is 11.6 Å². The van der Waals surface area contributed by atoms with Crippen molar-refractivity contribution in [2.75, 3.05) is 0 Å². The molecule has 0 aliphatic carbocycles. The van der Waals surface area contributed by atoms with E-state index in [1.807, 2.05) is 0 Å². The fourth-order valence-electron chi connectivity index (χ4n) is 1.89. The third-order valence-electron chi connectivity index (χ3n) is 2.94. The first kappa shape index (κ1) is 16.0. The molecule has 2 aromatic rings. The molecule has 0 radical (unpaired) electrons. The second-order valence-electron chi connectivity index (χ2n) is 4.20. The summed E-state index contributed by atoms with van der Waals surface area (Å²) in [6, 6.07) is 7.76. The van der Waals surface area contributed by atoms with Crippen molar-refractivity contribution in [3.05, 3.63) is 54.2 Å². The molecule has 0 bridgehead atoms. The zero-order chi connectivity index (χ0) is 16.3. The number of nitrogens with zero attached hydrogens (tertiary/aromatic N) is 3. The zero-order valence-electron chi connectivity index (χ0n) is 11.4. The summed E-state index contributed by atoms with van der Waals surface area (Å²) in [5, 5.41) is 18.1. The van der Waals surface area contributed by atoms with Gasteiger partial charge in [-0.2, -0.15) is 10.5 Å². The van der Waals surface area contributed by atoms with Gasteiger partial charge in [-0.1, -0.05) is 17.7 Å². The van der Waals surface area contributed by atoms with Gasteiger partial charge in [0.1, 0.15) is 22.6 Å². The Kier molecular flexibility index (Phi) is 4.77. The summed E-state index contributed by atoms with van der Waals surface area (Å²) in [5.74, 6) is -0.547. The first-order valence-electron chi connectivity index (χ1n) is 6.23. The first-order valence-corrected chi connectivity index (χ1v) is 7.42. The highest BCUT2D eigenvalue weighted by Crippen LogP contribution is 2.19. The van der Waals surface area contributed by atoms with Crippen LogP contribution in [0.4, 0.5) is 4.39 Å². The number of halogens is 2. The first-order chi connectivity index (χ1) is 10.5. The van der Waals surface area contributed by atoms with E-state index >= 15 is 0 Å². The molecule has 4 nitrogen and oxygen atoms in total. The molecule has 110 valence electrons. The SMILES string of the molecule is CCn1c(=C(C#N)C#N)s/c(=C/c2c(F)cccc2Cl)c1=O. The molecule has 1 aromatic carbocycles. The van der Waals surface area contributed by atoms with Crippen LogP contribution in [0.2, 0.25) is 5.02 Å². The van der Waals surface area contributed by atoms with Crippen molar-refractivity contribution in [3.8, 4) is 12.1 Å². The van der Waals surface area contributed by atoms with E-state index in [-0.39, 0.29) is 30.9 Å². The number of nitriles is 2. The Morgan fingerprint density at radius 3 is 2.68 bits per heavy atom. The molecule has 0 spiro atoms. The molecule has 0 aliphatic heterocycles. The lowest BCUT2D eigenvalue weighted by Crippen LogP contribution is -2.31. The Bertz CT molecular complexity index is 956. The van der Waals surface area contributed by atoms with Crippen molar-refractivity contribution in [3.63, 3.8) is 0 Å². The Labute approximate surface area is 134 Å². The van der Waals surface area contributed by atoms with Gasteiger partial charge < -0.3 is 0 Å². The smallest absolute Gasteiger partial charge is 0.269 e. The molecule has 0 atom stereocenters. The van der Waals surface area contributed by atoms with Gasteiger partial charge in [0.25, 0.3) is 5.56 Å². The number of benzene rings is 1. The monoisotopic (exact) mass is 333 g/mol. The second kappa shape index (κ2) is 6.57. The summed E-state index contributed by atoms with van der Waals surface area (Å²) in [5.41, 5.74) is -0.430. The molecule has 22 heavy (non-hydrogen) atoms. The van der Waals surface area contributed by atoms with Crippen molar-refractivity contribution < 1.29 is 4.39 Å². The van der Waals surface area contributed by atoms with Crippen molar-refractivity contribution in [1.29, 1.82) is 10.5 Å². The number of aromatic nitrogens is 1. The van der Waals surface area contributed by atoms with Crippen LogP contribution in [0.3, 0.4) is 0 Å². The lowest BCUT2D eigenvalue weighted by molar-refractivity contribution is 0.625. The van der Waals surface area contributed by atoms with Gasteiger partial charge in [0.2, 0.25) is 0 Å². The third-order valence-corrected chi connectivity index (χ3v) is 4.40. The molecular weight excluding hydrogens is 325 g/mol. The van der Waals surface area contributed by atoms with Crippen LogP contribution >= 0.6 is 22.9 Å². The van der Waals surface area contributed by atoms with Crippen molar-refractivity contribution in [2.45, 2.75) is 13.5 Å². The highest BCUT2D eigenvalue weighted by Gasteiger charge is 2.10. The summed E-state index contributed by atoms with van der Waals surface area (Å²) in [4.78, 5) is 12.3. The van der Waals surface area contributed by atoms with Gasteiger partial charge in [-0.15, -0.1) is 11.3 Å². The van der Waals surface area contributed by atoms with E-state index in [4.69, 9.17) is 22.1 Å². The molecule has 1 heterocycles. The Morgan fingerprint density at radius 2 is 2.14 bits per heavy atom. The normalized spacial score (nSPS) is 11.0. The summed E-state index contributed by atoms with van der Waals surface area (Å²) < 4.78 is 15.6. The molecule has 0 amide bonds. The average molecular weight is 334 g/mol. The van der Waals surface area contributed by atoms with E-state index in [1.165, 1.54) is 28.8 Å². The lowest BCUT2D eigenvalue weighted by Gasteiger charge is -1.98. The standard InChI is InChI=1S/C15H9ClFN3OS/c1-2-20-14(21)13(22-15(20)9(7-18)8-19)6-10-11(16)4-3-5-12(10)17/h3-6H,2H2,1H3/b13-6+. The molecule has 0 saturated heterocycles. The van der Waals surface area contributed by atoms with E-state index in [0.29, 0.717) is 6.54 Å².